The Bertz CT molecular complexity index is 1030. The number of para-hydroxylation sites is 1. The molecule has 1 heterocycles. The van der Waals surface area contributed by atoms with Crippen molar-refractivity contribution in [2.45, 2.75) is 19.4 Å². The molecule has 0 aliphatic heterocycles. The van der Waals surface area contributed by atoms with Crippen LogP contribution in [0.25, 0.3) is 0 Å². The minimum Gasteiger partial charge on any atom is -0.507 e. The number of hydrogen-bond donors (Lipinski definition) is 2. The summed E-state index contributed by atoms with van der Waals surface area (Å²) in [5.41, 5.74) is 1.25. The maximum absolute atomic E-state index is 12.1. The molecule has 0 aliphatic rings. The van der Waals surface area contributed by atoms with Crippen LogP contribution in [0, 0.1) is 0 Å². The summed E-state index contributed by atoms with van der Waals surface area (Å²) in [6, 6.07) is 8.74. The van der Waals surface area contributed by atoms with Crippen molar-refractivity contribution in [1.29, 1.82) is 0 Å². The Kier molecular flexibility index (Phi) is 6.29. The first-order valence-electron chi connectivity index (χ1n) is 8.89. The maximum atomic E-state index is 12.1. The van der Waals surface area contributed by atoms with Crippen molar-refractivity contribution in [3.63, 3.8) is 0 Å². The number of aromatic nitrogens is 2. The lowest BCUT2D eigenvalue weighted by atomic mass is 10.0. The number of benzene rings is 2. The number of phenolic OH excluding ortho intramolecular Hbond substituents is 2. The van der Waals surface area contributed by atoms with Gasteiger partial charge in [-0.15, -0.1) is 0 Å². The lowest BCUT2D eigenvalue weighted by Gasteiger charge is -2.14. The van der Waals surface area contributed by atoms with Crippen molar-refractivity contribution < 1.29 is 24.5 Å². The Morgan fingerprint density at radius 3 is 2.66 bits per heavy atom. The van der Waals surface area contributed by atoms with Crippen LogP contribution >= 0.6 is 11.6 Å². The number of carbonyl (C=O) groups is 1. The van der Waals surface area contributed by atoms with Crippen molar-refractivity contribution in [1.82, 2.24) is 9.55 Å². The van der Waals surface area contributed by atoms with Gasteiger partial charge >= 0.3 is 5.97 Å². The largest absolute Gasteiger partial charge is 0.507 e. The van der Waals surface area contributed by atoms with Gasteiger partial charge in [0.2, 0.25) is 0 Å². The summed E-state index contributed by atoms with van der Waals surface area (Å²) in [6.07, 6.45) is 4.24. The highest BCUT2D eigenvalue weighted by Gasteiger charge is 2.23. The predicted octanol–water partition coefficient (Wildman–Crippen LogP) is 3.58. The van der Waals surface area contributed by atoms with E-state index in [1.54, 1.807) is 13.3 Å². The van der Waals surface area contributed by atoms with Crippen LogP contribution in [0.1, 0.15) is 27.3 Å². The van der Waals surface area contributed by atoms with E-state index in [4.69, 9.17) is 21.1 Å². The quantitative estimate of drug-likeness (QED) is 0.572. The molecule has 0 spiro atoms. The number of esters is 1. The van der Waals surface area contributed by atoms with Crippen molar-refractivity contribution >= 4 is 17.6 Å². The Hall–Kier alpha value is -3.19. The van der Waals surface area contributed by atoms with Gasteiger partial charge in [0.1, 0.15) is 28.6 Å². The number of methoxy groups -OCH3 is 2. The zero-order valence-corrected chi connectivity index (χ0v) is 16.8. The van der Waals surface area contributed by atoms with Crippen LogP contribution in [-0.2, 0) is 24.1 Å². The van der Waals surface area contributed by atoms with E-state index in [1.807, 2.05) is 35.0 Å². The van der Waals surface area contributed by atoms with Crippen LogP contribution in [0.15, 0.2) is 42.7 Å². The molecule has 152 valence electrons. The summed E-state index contributed by atoms with van der Waals surface area (Å²) in [7, 11) is 2.84. The summed E-state index contributed by atoms with van der Waals surface area (Å²) < 4.78 is 12.1. The number of hydrogen-bond acceptors (Lipinski definition) is 6. The first-order chi connectivity index (χ1) is 14.0. The number of ether oxygens (including phenoxy) is 2. The molecule has 0 radical (unpaired) electrons. The first-order valence-corrected chi connectivity index (χ1v) is 9.27. The van der Waals surface area contributed by atoms with Gasteiger partial charge in [-0.25, -0.2) is 9.78 Å². The van der Waals surface area contributed by atoms with E-state index in [9.17, 15) is 15.0 Å². The summed E-state index contributed by atoms with van der Waals surface area (Å²) in [6.45, 7) is 0.558. The van der Waals surface area contributed by atoms with E-state index in [-0.39, 0.29) is 28.5 Å². The molecule has 3 aromatic rings. The molecule has 0 bridgehead atoms. The number of halogens is 1. The van der Waals surface area contributed by atoms with Gasteiger partial charge in [0.15, 0.2) is 0 Å². The van der Waals surface area contributed by atoms with Crippen LogP contribution in [0.2, 0.25) is 5.02 Å². The van der Waals surface area contributed by atoms with Crippen molar-refractivity contribution in [2.24, 2.45) is 0 Å². The monoisotopic (exact) mass is 416 g/mol. The minimum atomic E-state index is -0.725. The van der Waals surface area contributed by atoms with Crippen molar-refractivity contribution in [3.8, 4) is 17.2 Å². The number of nitrogens with zero attached hydrogens (tertiary/aromatic N) is 2. The molecular weight excluding hydrogens is 396 g/mol. The van der Waals surface area contributed by atoms with Gasteiger partial charge in [-0.2, -0.15) is 0 Å². The number of aryl methyl sites for hydroxylation is 1. The molecule has 3 rings (SSSR count). The zero-order valence-electron chi connectivity index (χ0n) is 16.1. The van der Waals surface area contributed by atoms with Crippen LogP contribution in [0.3, 0.4) is 0 Å². The molecule has 2 aromatic carbocycles. The van der Waals surface area contributed by atoms with Crippen LogP contribution in [-0.4, -0.2) is 40.0 Å². The third-order valence-electron chi connectivity index (χ3n) is 4.64. The number of rotatable bonds is 7. The second-order valence-corrected chi connectivity index (χ2v) is 6.74. The predicted molar refractivity (Wildman–Crippen MR) is 108 cm³/mol. The third kappa shape index (κ3) is 4.30. The topological polar surface area (TPSA) is 93.8 Å². The van der Waals surface area contributed by atoms with Gasteiger partial charge in [0, 0.05) is 30.4 Å². The fourth-order valence-corrected chi connectivity index (χ4v) is 3.46. The molecule has 2 N–H and O–H groups in total. The van der Waals surface area contributed by atoms with E-state index in [0.29, 0.717) is 18.5 Å². The summed E-state index contributed by atoms with van der Waals surface area (Å²) in [5, 5.41) is 20.1. The molecule has 1 aromatic heterocycles. The van der Waals surface area contributed by atoms with E-state index in [2.05, 4.69) is 4.98 Å². The van der Waals surface area contributed by atoms with Crippen molar-refractivity contribution in [2.75, 3.05) is 14.2 Å². The maximum Gasteiger partial charge on any atom is 0.341 e. The van der Waals surface area contributed by atoms with Gasteiger partial charge in [0.05, 0.1) is 25.8 Å². The normalized spacial score (nSPS) is 10.7. The highest BCUT2D eigenvalue weighted by atomic mass is 35.5. The van der Waals surface area contributed by atoms with Crippen LogP contribution < -0.4 is 4.74 Å². The van der Waals surface area contributed by atoms with E-state index in [0.717, 1.165) is 23.2 Å². The van der Waals surface area contributed by atoms with Crippen LogP contribution in [0.4, 0.5) is 0 Å². The number of phenols is 2. The Morgan fingerprint density at radius 1 is 1.17 bits per heavy atom. The van der Waals surface area contributed by atoms with E-state index >= 15 is 0 Å². The van der Waals surface area contributed by atoms with Gasteiger partial charge < -0.3 is 24.3 Å². The fraction of sp³-hybridized carbons (Fsp3) is 0.238. The molecule has 29 heavy (non-hydrogen) atoms. The SMILES string of the molecule is COC(=O)c1c(O)cc(O)c(Cl)c1CCc1nccn1Cc1ccccc1OC. The van der Waals surface area contributed by atoms with Gasteiger partial charge in [0.25, 0.3) is 0 Å². The Morgan fingerprint density at radius 2 is 1.93 bits per heavy atom. The number of carbonyl (C=O) groups excluding carboxylic acids is 1. The molecule has 0 amide bonds. The smallest absolute Gasteiger partial charge is 0.341 e. The molecule has 0 aliphatic carbocycles. The summed E-state index contributed by atoms with van der Waals surface area (Å²) in [5.74, 6) is 0.124. The Labute approximate surface area is 173 Å². The molecule has 8 heteroatoms. The number of aromatic hydroxyl groups is 2. The molecule has 0 unspecified atom stereocenters. The summed E-state index contributed by atoms with van der Waals surface area (Å²) in [4.78, 5) is 16.5. The molecular formula is C21H21ClN2O5. The highest BCUT2D eigenvalue weighted by Crippen LogP contribution is 2.37. The second kappa shape index (κ2) is 8.87. The molecule has 0 fully saturated rings. The molecule has 0 saturated heterocycles. The molecule has 0 saturated carbocycles. The summed E-state index contributed by atoms with van der Waals surface area (Å²) >= 11 is 6.21. The van der Waals surface area contributed by atoms with Gasteiger partial charge in [-0.05, 0) is 18.1 Å². The van der Waals surface area contributed by atoms with Crippen LogP contribution in [0.5, 0.6) is 17.2 Å². The van der Waals surface area contributed by atoms with Gasteiger partial charge in [-0.1, -0.05) is 29.8 Å². The minimum absolute atomic E-state index is 0.00559. The number of imidazole rings is 1. The fourth-order valence-electron chi connectivity index (χ4n) is 3.21. The van der Waals surface area contributed by atoms with Gasteiger partial charge in [-0.3, -0.25) is 0 Å². The van der Waals surface area contributed by atoms with Crippen molar-refractivity contribution in [3.05, 3.63) is 70.3 Å². The lowest BCUT2D eigenvalue weighted by Crippen LogP contribution is -2.10. The average Bonchev–Trinajstić information content (AvgIpc) is 3.16. The lowest BCUT2D eigenvalue weighted by molar-refractivity contribution is 0.0596. The third-order valence-corrected chi connectivity index (χ3v) is 5.07. The average molecular weight is 417 g/mol. The standard InChI is InChI=1S/C21H21ClN2O5/c1-28-17-6-4-3-5-13(17)12-24-10-9-23-18(24)8-7-14-19(21(27)29-2)15(25)11-16(26)20(14)22/h3-6,9-11,25-26H,7-8,12H2,1-2H3. The highest BCUT2D eigenvalue weighted by molar-refractivity contribution is 6.33. The zero-order chi connectivity index (χ0) is 21.0. The van der Waals surface area contributed by atoms with E-state index < -0.39 is 5.97 Å². The Balaban J connectivity index is 1.87. The molecule has 7 nitrogen and oxygen atoms in total. The van der Waals surface area contributed by atoms with E-state index in [1.165, 1.54) is 7.11 Å². The first kappa shape index (κ1) is 20.5. The molecule has 0 atom stereocenters. The second-order valence-electron chi connectivity index (χ2n) is 6.36.